The second-order valence-corrected chi connectivity index (χ2v) is 7.44. The summed E-state index contributed by atoms with van der Waals surface area (Å²) in [7, 11) is 0. The van der Waals surface area contributed by atoms with Crippen molar-refractivity contribution in [2.75, 3.05) is 25.1 Å². The van der Waals surface area contributed by atoms with Gasteiger partial charge in [-0.1, -0.05) is 12.8 Å². The minimum Gasteiger partial charge on any atom is -0.381 e. The van der Waals surface area contributed by atoms with E-state index in [2.05, 4.69) is 10.3 Å². The van der Waals surface area contributed by atoms with E-state index in [9.17, 15) is 4.79 Å². The first-order chi connectivity index (χ1) is 10.7. The quantitative estimate of drug-likeness (QED) is 0.869. The Morgan fingerprint density at radius 3 is 2.61 bits per heavy atom. The number of rotatable bonds is 3. The molecule has 0 spiro atoms. The second-order valence-electron chi connectivity index (χ2n) is 6.35. The molecular weight excluding hydrogens is 334 g/mol. The number of carbonyl (C=O) groups is 1. The Kier molecular flexibility index (Phi) is 6.83. The van der Waals surface area contributed by atoms with Crippen LogP contribution in [0.3, 0.4) is 0 Å². The van der Waals surface area contributed by atoms with Crippen molar-refractivity contribution < 1.29 is 9.53 Å². The number of amides is 1. The van der Waals surface area contributed by atoms with Gasteiger partial charge in [-0.25, -0.2) is 4.98 Å². The number of hydrogen-bond donors (Lipinski definition) is 2. The number of hydrogen-bond acceptors (Lipinski definition) is 5. The molecule has 1 aliphatic carbocycles. The van der Waals surface area contributed by atoms with Gasteiger partial charge in [0.2, 0.25) is 5.91 Å². The van der Waals surface area contributed by atoms with E-state index in [4.69, 9.17) is 10.5 Å². The lowest BCUT2D eigenvalue weighted by molar-refractivity contribution is -0.130. The monoisotopic (exact) mass is 359 g/mol. The van der Waals surface area contributed by atoms with Crippen LogP contribution in [0.4, 0.5) is 5.13 Å². The van der Waals surface area contributed by atoms with Crippen LogP contribution in [0.5, 0.6) is 0 Å². The minimum atomic E-state index is -0.488. The SMILES string of the molecule is Cl.NCC1(C(=O)Nc2nc3c(s2)CCCCCC3)CCOCC1. The molecule has 1 amide bonds. The van der Waals surface area contributed by atoms with Crippen LogP contribution in [0.15, 0.2) is 0 Å². The summed E-state index contributed by atoms with van der Waals surface area (Å²) in [6.07, 6.45) is 8.54. The van der Waals surface area contributed by atoms with E-state index < -0.39 is 5.41 Å². The summed E-state index contributed by atoms with van der Waals surface area (Å²) < 4.78 is 5.37. The van der Waals surface area contributed by atoms with Crippen LogP contribution in [0.25, 0.3) is 0 Å². The van der Waals surface area contributed by atoms with E-state index in [1.807, 2.05) is 0 Å². The molecule has 1 saturated heterocycles. The Morgan fingerprint density at radius 2 is 1.91 bits per heavy atom. The molecule has 1 aromatic rings. The maximum absolute atomic E-state index is 12.7. The molecule has 3 N–H and O–H groups in total. The van der Waals surface area contributed by atoms with Crippen molar-refractivity contribution in [3.05, 3.63) is 10.6 Å². The van der Waals surface area contributed by atoms with Crippen LogP contribution in [0.1, 0.15) is 49.1 Å². The standard InChI is InChI=1S/C16H25N3O2S.ClH/c17-11-16(7-9-21-10-8-16)14(20)19-15-18-12-5-3-1-2-4-6-13(12)22-15;/h1-11,17H2,(H,18,19,20);1H. The fourth-order valence-corrected chi connectivity index (χ4v) is 4.32. The van der Waals surface area contributed by atoms with Crippen molar-refractivity contribution in [3.8, 4) is 0 Å². The number of nitrogens with two attached hydrogens (primary N) is 1. The summed E-state index contributed by atoms with van der Waals surface area (Å²) in [5.74, 6) is 0.0139. The Morgan fingerprint density at radius 1 is 1.22 bits per heavy atom. The minimum absolute atomic E-state index is 0. The molecule has 0 radical (unpaired) electrons. The second kappa shape index (κ2) is 8.42. The highest BCUT2D eigenvalue weighted by molar-refractivity contribution is 7.15. The van der Waals surface area contributed by atoms with Crippen molar-refractivity contribution in [1.82, 2.24) is 4.98 Å². The van der Waals surface area contributed by atoms with E-state index in [1.165, 1.54) is 36.3 Å². The number of aromatic nitrogens is 1. The number of ether oxygens (including phenoxy) is 1. The molecule has 0 aromatic carbocycles. The van der Waals surface area contributed by atoms with Crippen LogP contribution in [-0.4, -0.2) is 30.6 Å². The highest BCUT2D eigenvalue weighted by Gasteiger charge is 2.39. The van der Waals surface area contributed by atoms with Crippen molar-refractivity contribution in [2.45, 2.75) is 51.4 Å². The first-order valence-electron chi connectivity index (χ1n) is 8.31. The van der Waals surface area contributed by atoms with Crippen LogP contribution < -0.4 is 11.1 Å². The van der Waals surface area contributed by atoms with Gasteiger partial charge in [0.15, 0.2) is 5.13 Å². The summed E-state index contributed by atoms with van der Waals surface area (Å²) in [4.78, 5) is 18.7. The molecule has 1 aliphatic heterocycles. The predicted octanol–water partition coefficient (Wildman–Crippen LogP) is 2.92. The fraction of sp³-hybridized carbons (Fsp3) is 0.750. The Hall–Kier alpha value is -0.690. The lowest BCUT2D eigenvalue weighted by atomic mass is 9.79. The fourth-order valence-electron chi connectivity index (χ4n) is 3.27. The van der Waals surface area contributed by atoms with Gasteiger partial charge >= 0.3 is 0 Å². The molecule has 1 fully saturated rings. The number of aryl methyl sites for hydroxylation is 2. The largest absolute Gasteiger partial charge is 0.381 e. The maximum Gasteiger partial charge on any atom is 0.233 e. The summed E-state index contributed by atoms with van der Waals surface area (Å²) >= 11 is 1.64. The zero-order valence-corrected chi connectivity index (χ0v) is 15.1. The lowest BCUT2D eigenvalue weighted by Gasteiger charge is -2.34. The van der Waals surface area contributed by atoms with Crippen molar-refractivity contribution in [1.29, 1.82) is 0 Å². The highest BCUT2D eigenvalue weighted by Crippen LogP contribution is 2.33. The lowest BCUT2D eigenvalue weighted by Crippen LogP contribution is -2.46. The van der Waals surface area contributed by atoms with E-state index in [0.717, 1.165) is 18.0 Å². The van der Waals surface area contributed by atoms with Gasteiger partial charge in [0.25, 0.3) is 0 Å². The number of thiazole rings is 1. The van der Waals surface area contributed by atoms with Gasteiger partial charge in [-0.3, -0.25) is 4.79 Å². The molecule has 0 saturated carbocycles. The zero-order chi connectivity index (χ0) is 15.4. The first kappa shape index (κ1) is 18.6. The molecule has 3 rings (SSSR count). The van der Waals surface area contributed by atoms with Gasteiger partial charge in [-0.15, -0.1) is 23.7 Å². The number of halogens is 1. The van der Waals surface area contributed by atoms with Crippen molar-refractivity contribution in [2.24, 2.45) is 11.1 Å². The Bertz CT molecular complexity index is 504. The summed E-state index contributed by atoms with van der Waals surface area (Å²) in [6.45, 7) is 1.59. The van der Waals surface area contributed by atoms with Gasteiger partial charge in [-0.2, -0.15) is 0 Å². The normalized spacial score (nSPS) is 20.6. The molecule has 2 heterocycles. The maximum atomic E-state index is 12.7. The number of anilines is 1. The summed E-state index contributed by atoms with van der Waals surface area (Å²) in [6, 6.07) is 0. The van der Waals surface area contributed by atoms with E-state index >= 15 is 0 Å². The molecule has 5 nitrogen and oxygen atoms in total. The van der Waals surface area contributed by atoms with Crippen LogP contribution in [-0.2, 0) is 22.4 Å². The third-order valence-electron chi connectivity index (χ3n) is 4.89. The molecule has 23 heavy (non-hydrogen) atoms. The van der Waals surface area contributed by atoms with Gasteiger partial charge in [-0.05, 0) is 38.5 Å². The van der Waals surface area contributed by atoms with Crippen molar-refractivity contribution >= 4 is 34.8 Å². The molecule has 2 aliphatic rings. The van der Waals surface area contributed by atoms with E-state index in [-0.39, 0.29) is 18.3 Å². The molecule has 130 valence electrons. The predicted molar refractivity (Wildman–Crippen MR) is 95.4 cm³/mol. The molecule has 0 bridgehead atoms. The third-order valence-corrected chi connectivity index (χ3v) is 5.96. The van der Waals surface area contributed by atoms with Crippen molar-refractivity contribution in [3.63, 3.8) is 0 Å². The number of nitrogens with one attached hydrogen (secondary N) is 1. The van der Waals surface area contributed by atoms with Gasteiger partial charge in [0.05, 0.1) is 11.1 Å². The third kappa shape index (κ3) is 4.24. The van der Waals surface area contributed by atoms with Crippen LogP contribution >= 0.6 is 23.7 Å². The average molecular weight is 360 g/mol. The summed E-state index contributed by atoms with van der Waals surface area (Å²) in [5, 5.41) is 3.78. The van der Waals surface area contributed by atoms with Crippen LogP contribution in [0.2, 0.25) is 0 Å². The Labute approximate surface area is 147 Å². The summed E-state index contributed by atoms with van der Waals surface area (Å²) in [5.41, 5.74) is 6.60. The van der Waals surface area contributed by atoms with Crippen LogP contribution in [0, 0.1) is 5.41 Å². The first-order valence-corrected chi connectivity index (χ1v) is 9.13. The molecular formula is C16H26ClN3O2S. The number of fused-ring (bicyclic) bond motifs is 1. The van der Waals surface area contributed by atoms with E-state index in [0.29, 0.717) is 32.6 Å². The highest BCUT2D eigenvalue weighted by atomic mass is 35.5. The molecule has 0 unspecified atom stereocenters. The van der Waals surface area contributed by atoms with Gasteiger partial charge in [0.1, 0.15) is 0 Å². The smallest absolute Gasteiger partial charge is 0.233 e. The topological polar surface area (TPSA) is 77.2 Å². The molecule has 1 aromatic heterocycles. The zero-order valence-electron chi connectivity index (χ0n) is 13.4. The average Bonchev–Trinajstić information content (AvgIpc) is 2.89. The van der Waals surface area contributed by atoms with Gasteiger partial charge in [0, 0.05) is 24.6 Å². The number of nitrogens with zero attached hydrogens (tertiary/aromatic N) is 1. The van der Waals surface area contributed by atoms with Gasteiger partial charge < -0.3 is 15.8 Å². The Balaban J connectivity index is 0.00000192. The number of carbonyl (C=O) groups excluding carboxylic acids is 1. The van der Waals surface area contributed by atoms with E-state index in [1.54, 1.807) is 11.3 Å². The molecule has 7 heteroatoms. The molecule has 0 atom stereocenters.